The van der Waals surface area contributed by atoms with Gasteiger partial charge in [-0.25, -0.2) is 9.59 Å². The van der Waals surface area contributed by atoms with Crippen LogP contribution in [0.4, 0.5) is 9.80 Å². The monoisotopic (exact) mass is 381 g/mol. The summed E-state index contributed by atoms with van der Waals surface area (Å²) in [6, 6.07) is -0.646. The average molecular weight is 381 g/mol. The first-order chi connectivity index (χ1) is 12.3. The molecule has 9 heteroatoms. The van der Waals surface area contributed by atoms with E-state index in [1.165, 1.54) is 25.2 Å². The Hall–Kier alpha value is -2.42. The highest BCUT2D eigenvalue weighted by Gasteiger charge is 2.29. The number of imide groups is 1. The van der Waals surface area contributed by atoms with E-state index in [4.69, 9.17) is 4.74 Å². The lowest BCUT2D eigenvalue weighted by molar-refractivity contribution is -0.128. The van der Waals surface area contributed by atoms with Gasteiger partial charge in [-0.2, -0.15) is 0 Å². The molecule has 0 aromatic carbocycles. The summed E-state index contributed by atoms with van der Waals surface area (Å²) >= 11 is 1.37. The topological polar surface area (TPSA) is 114 Å². The van der Waals surface area contributed by atoms with Gasteiger partial charge in [0.2, 0.25) is 5.91 Å². The molecule has 1 heterocycles. The van der Waals surface area contributed by atoms with E-state index in [1.54, 1.807) is 6.92 Å². The maximum absolute atomic E-state index is 12.7. The Kier molecular flexibility index (Phi) is 6.73. The van der Waals surface area contributed by atoms with Crippen LogP contribution in [-0.2, 0) is 27.2 Å². The number of nitrogens with one attached hydrogen (secondary N) is 3. The van der Waals surface area contributed by atoms with Crippen molar-refractivity contribution in [3.63, 3.8) is 0 Å². The number of ether oxygens (including phenoxy) is 1. The number of aryl methyl sites for hydroxylation is 1. The van der Waals surface area contributed by atoms with Gasteiger partial charge >= 0.3 is 12.0 Å². The predicted octanol–water partition coefficient (Wildman–Crippen LogP) is 1.98. The zero-order valence-electron chi connectivity index (χ0n) is 15.1. The summed E-state index contributed by atoms with van der Waals surface area (Å²) in [4.78, 5) is 48.5. The number of esters is 1. The Balaban J connectivity index is 2.15. The molecule has 2 rings (SSSR count). The molecule has 0 saturated heterocycles. The van der Waals surface area contributed by atoms with Crippen LogP contribution in [0.5, 0.6) is 0 Å². The third-order valence-corrected chi connectivity index (χ3v) is 5.10. The molecule has 1 aliphatic rings. The molecule has 26 heavy (non-hydrogen) atoms. The fourth-order valence-corrected chi connectivity index (χ4v) is 4.04. The number of carbonyl (C=O) groups is 4. The van der Waals surface area contributed by atoms with Crippen LogP contribution in [-0.4, -0.2) is 36.5 Å². The highest BCUT2D eigenvalue weighted by molar-refractivity contribution is 7.17. The second kappa shape index (κ2) is 8.79. The van der Waals surface area contributed by atoms with E-state index in [9.17, 15) is 19.2 Å². The molecular weight excluding hydrogens is 358 g/mol. The SMILES string of the molecule is CCNC(=O)NC(=O)C(C)OC(=O)c1c(NC(C)=O)sc2c1CCCC2. The number of fused-ring (bicyclic) bond motifs is 1. The molecule has 1 aromatic rings. The van der Waals surface area contributed by atoms with Crippen molar-refractivity contribution in [3.05, 3.63) is 16.0 Å². The van der Waals surface area contributed by atoms with E-state index in [0.29, 0.717) is 17.1 Å². The van der Waals surface area contributed by atoms with Crippen LogP contribution in [0.25, 0.3) is 0 Å². The number of carbonyl (C=O) groups excluding carboxylic acids is 4. The summed E-state index contributed by atoms with van der Waals surface area (Å²) in [7, 11) is 0. The molecule has 1 aromatic heterocycles. The maximum atomic E-state index is 12.7. The average Bonchev–Trinajstić information content (AvgIpc) is 2.91. The van der Waals surface area contributed by atoms with Crippen LogP contribution in [0.2, 0.25) is 0 Å². The van der Waals surface area contributed by atoms with Crippen molar-refractivity contribution in [2.24, 2.45) is 0 Å². The standard InChI is InChI=1S/C17H23N3O5S/c1-4-18-17(24)20-14(22)9(2)25-16(23)13-11-7-5-6-8-12(11)26-15(13)19-10(3)21/h9H,4-8H2,1-3H3,(H,19,21)(H2,18,20,22,24). The van der Waals surface area contributed by atoms with E-state index >= 15 is 0 Å². The van der Waals surface area contributed by atoms with Crippen LogP contribution in [0, 0.1) is 0 Å². The summed E-state index contributed by atoms with van der Waals surface area (Å²) in [5.41, 5.74) is 1.20. The van der Waals surface area contributed by atoms with Crippen molar-refractivity contribution in [1.82, 2.24) is 10.6 Å². The second-order valence-corrected chi connectivity index (χ2v) is 7.10. The van der Waals surface area contributed by atoms with Crippen LogP contribution < -0.4 is 16.0 Å². The van der Waals surface area contributed by atoms with Gasteiger partial charge in [0, 0.05) is 18.3 Å². The molecule has 1 unspecified atom stereocenters. The lowest BCUT2D eigenvalue weighted by Crippen LogP contribution is -2.44. The van der Waals surface area contributed by atoms with Crippen molar-refractivity contribution in [3.8, 4) is 0 Å². The van der Waals surface area contributed by atoms with Gasteiger partial charge < -0.3 is 15.4 Å². The maximum Gasteiger partial charge on any atom is 0.342 e. The Labute approximate surface area is 155 Å². The van der Waals surface area contributed by atoms with E-state index in [0.717, 1.165) is 36.1 Å². The number of amides is 4. The van der Waals surface area contributed by atoms with Crippen molar-refractivity contribution in [2.45, 2.75) is 52.6 Å². The van der Waals surface area contributed by atoms with Crippen LogP contribution >= 0.6 is 11.3 Å². The zero-order chi connectivity index (χ0) is 19.3. The normalized spacial score (nSPS) is 14.0. The first-order valence-electron chi connectivity index (χ1n) is 8.55. The molecule has 1 atom stereocenters. The number of rotatable bonds is 5. The molecule has 8 nitrogen and oxygen atoms in total. The number of hydrogen-bond donors (Lipinski definition) is 3. The third kappa shape index (κ3) is 4.81. The second-order valence-electron chi connectivity index (χ2n) is 5.99. The molecule has 0 aliphatic heterocycles. The smallest absolute Gasteiger partial charge is 0.342 e. The van der Waals surface area contributed by atoms with E-state index < -0.39 is 24.0 Å². The first kappa shape index (κ1) is 19.9. The number of hydrogen-bond acceptors (Lipinski definition) is 6. The number of anilines is 1. The van der Waals surface area contributed by atoms with Gasteiger partial charge in [-0.3, -0.25) is 14.9 Å². The predicted molar refractivity (Wildman–Crippen MR) is 97.4 cm³/mol. The molecule has 1 aliphatic carbocycles. The van der Waals surface area contributed by atoms with Crippen LogP contribution in [0.1, 0.15) is 54.4 Å². The van der Waals surface area contributed by atoms with Gasteiger partial charge in [0.1, 0.15) is 5.00 Å². The molecular formula is C17H23N3O5S. The molecule has 0 radical (unpaired) electrons. The van der Waals surface area contributed by atoms with Gasteiger partial charge in [0.15, 0.2) is 6.10 Å². The fourth-order valence-electron chi connectivity index (χ4n) is 2.72. The summed E-state index contributed by atoms with van der Waals surface area (Å²) in [6.07, 6.45) is 2.43. The largest absolute Gasteiger partial charge is 0.449 e. The van der Waals surface area contributed by atoms with Crippen molar-refractivity contribution >= 4 is 40.2 Å². The van der Waals surface area contributed by atoms with Gasteiger partial charge in [-0.1, -0.05) is 0 Å². The zero-order valence-corrected chi connectivity index (χ0v) is 15.9. The van der Waals surface area contributed by atoms with Gasteiger partial charge in [-0.15, -0.1) is 11.3 Å². The summed E-state index contributed by atoms with van der Waals surface area (Å²) < 4.78 is 5.25. The van der Waals surface area contributed by atoms with Crippen molar-refractivity contribution < 1.29 is 23.9 Å². The number of urea groups is 1. The van der Waals surface area contributed by atoms with Crippen molar-refractivity contribution in [2.75, 3.05) is 11.9 Å². The molecule has 0 spiro atoms. The Morgan fingerprint density at radius 2 is 1.88 bits per heavy atom. The first-order valence-corrected chi connectivity index (χ1v) is 9.36. The Morgan fingerprint density at radius 1 is 1.19 bits per heavy atom. The highest BCUT2D eigenvalue weighted by Crippen LogP contribution is 2.38. The lowest BCUT2D eigenvalue weighted by Gasteiger charge is -2.16. The van der Waals surface area contributed by atoms with E-state index in [1.807, 2.05) is 0 Å². The van der Waals surface area contributed by atoms with Crippen LogP contribution in [0.15, 0.2) is 0 Å². The minimum absolute atomic E-state index is 0.278. The van der Waals surface area contributed by atoms with Crippen LogP contribution in [0.3, 0.4) is 0 Å². The summed E-state index contributed by atoms with van der Waals surface area (Å²) in [5.74, 6) is -1.67. The molecule has 0 fully saturated rings. The third-order valence-electron chi connectivity index (χ3n) is 3.89. The molecule has 4 amide bonds. The fraction of sp³-hybridized carbons (Fsp3) is 0.529. The van der Waals surface area contributed by atoms with E-state index in [-0.39, 0.29) is 5.91 Å². The van der Waals surface area contributed by atoms with Gasteiger partial charge in [0.25, 0.3) is 5.91 Å². The Morgan fingerprint density at radius 3 is 2.54 bits per heavy atom. The molecule has 0 saturated carbocycles. The minimum atomic E-state index is -1.14. The quantitative estimate of drug-likeness (QED) is 0.675. The van der Waals surface area contributed by atoms with Crippen molar-refractivity contribution in [1.29, 1.82) is 0 Å². The van der Waals surface area contributed by atoms with Gasteiger partial charge in [0.05, 0.1) is 5.56 Å². The minimum Gasteiger partial charge on any atom is -0.449 e. The van der Waals surface area contributed by atoms with E-state index in [2.05, 4.69) is 16.0 Å². The molecule has 142 valence electrons. The van der Waals surface area contributed by atoms with Gasteiger partial charge in [-0.05, 0) is 45.1 Å². The summed E-state index contributed by atoms with van der Waals surface area (Å²) in [5, 5.41) is 7.66. The molecule has 3 N–H and O–H groups in total. The lowest BCUT2D eigenvalue weighted by atomic mass is 9.95. The Bertz CT molecular complexity index is 728. The summed E-state index contributed by atoms with van der Waals surface area (Å²) in [6.45, 7) is 4.85. The number of thiophene rings is 1. The highest BCUT2D eigenvalue weighted by atomic mass is 32.1. The molecule has 0 bridgehead atoms.